The topological polar surface area (TPSA) is 103 Å². The van der Waals surface area contributed by atoms with E-state index in [-0.39, 0.29) is 0 Å². The van der Waals surface area contributed by atoms with Crippen molar-refractivity contribution in [2.24, 2.45) is 0 Å². The molecule has 0 saturated carbocycles. The van der Waals surface area contributed by atoms with E-state index in [2.05, 4.69) is 4.98 Å². The van der Waals surface area contributed by atoms with Crippen molar-refractivity contribution < 1.29 is 10.2 Å². The van der Waals surface area contributed by atoms with Gasteiger partial charge in [0.1, 0.15) is 6.10 Å². The standard InChI is InChI=1S/C10H9N3O2S/c11-4-7(14)9(15)5-1-2-8-6(3-5)13-10(12)16-8/h1-3,7,9,14-15H,(H2,12,13). The van der Waals surface area contributed by atoms with E-state index in [4.69, 9.17) is 11.0 Å². The number of aromatic nitrogens is 1. The summed E-state index contributed by atoms with van der Waals surface area (Å²) in [4.78, 5) is 4.06. The van der Waals surface area contributed by atoms with Crippen molar-refractivity contribution in [3.8, 4) is 6.07 Å². The highest BCUT2D eigenvalue weighted by Gasteiger charge is 2.18. The van der Waals surface area contributed by atoms with Gasteiger partial charge in [0.2, 0.25) is 0 Å². The number of hydrogen-bond acceptors (Lipinski definition) is 6. The van der Waals surface area contributed by atoms with E-state index in [0.717, 1.165) is 4.70 Å². The number of fused-ring (bicyclic) bond motifs is 1. The minimum Gasteiger partial charge on any atom is -0.385 e. The summed E-state index contributed by atoms with van der Waals surface area (Å²) < 4.78 is 0.903. The van der Waals surface area contributed by atoms with E-state index in [0.29, 0.717) is 16.2 Å². The van der Waals surface area contributed by atoms with Gasteiger partial charge in [-0.05, 0) is 17.7 Å². The molecule has 2 aromatic rings. The van der Waals surface area contributed by atoms with Crippen molar-refractivity contribution in [2.75, 3.05) is 5.73 Å². The SMILES string of the molecule is N#CC(O)C(O)c1ccc2sc(N)nc2c1. The largest absolute Gasteiger partial charge is 0.385 e. The molecule has 0 radical (unpaired) electrons. The zero-order valence-corrected chi connectivity index (χ0v) is 8.98. The van der Waals surface area contributed by atoms with E-state index >= 15 is 0 Å². The van der Waals surface area contributed by atoms with Gasteiger partial charge in [0.25, 0.3) is 0 Å². The fraction of sp³-hybridized carbons (Fsp3) is 0.200. The van der Waals surface area contributed by atoms with Gasteiger partial charge in [-0.15, -0.1) is 0 Å². The van der Waals surface area contributed by atoms with Crippen LogP contribution in [0.2, 0.25) is 0 Å². The van der Waals surface area contributed by atoms with Crippen LogP contribution in [0.25, 0.3) is 10.2 Å². The molecule has 2 atom stereocenters. The maximum Gasteiger partial charge on any atom is 0.181 e. The average Bonchev–Trinajstić information content (AvgIpc) is 2.65. The molecule has 6 heteroatoms. The predicted octanol–water partition coefficient (Wildman–Crippen LogP) is 0.796. The predicted molar refractivity (Wildman–Crippen MR) is 60.6 cm³/mol. The first-order valence-corrected chi connectivity index (χ1v) is 5.35. The quantitative estimate of drug-likeness (QED) is 0.668. The fourth-order valence-corrected chi connectivity index (χ4v) is 2.11. The zero-order valence-electron chi connectivity index (χ0n) is 8.16. The Morgan fingerprint density at radius 2 is 2.19 bits per heavy atom. The highest BCUT2D eigenvalue weighted by Crippen LogP contribution is 2.27. The first-order valence-electron chi connectivity index (χ1n) is 4.53. The lowest BCUT2D eigenvalue weighted by Gasteiger charge is -2.11. The van der Waals surface area contributed by atoms with Crippen LogP contribution in [0.4, 0.5) is 5.13 Å². The second-order valence-electron chi connectivity index (χ2n) is 3.30. The summed E-state index contributed by atoms with van der Waals surface area (Å²) in [5.41, 5.74) is 6.65. The molecule has 16 heavy (non-hydrogen) atoms. The summed E-state index contributed by atoms with van der Waals surface area (Å²) in [5.74, 6) is 0. The smallest absolute Gasteiger partial charge is 0.181 e. The molecule has 0 spiro atoms. The molecule has 2 rings (SSSR count). The van der Waals surface area contributed by atoms with E-state index in [9.17, 15) is 10.2 Å². The van der Waals surface area contributed by atoms with Gasteiger partial charge in [-0.2, -0.15) is 5.26 Å². The highest BCUT2D eigenvalue weighted by molar-refractivity contribution is 7.22. The minimum atomic E-state index is -1.44. The van der Waals surface area contributed by atoms with Crippen molar-refractivity contribution in [1.29, 1.82) is 5.26 Å². The highest BCUT2D eigenvalue weighted by atomic mass is 32.1. The van der Waals surface area contributed by atoms with E-state index < -0.39 is 12.2 Å². The van der Waals surface area contributed by atoms with Crippen molar-refractivity contribution in [2.45, 2.75) is 12.2 Å². The van der Waals surface area contributed by atoms with Crippen LogP contribution in [-0.2, 0) is 0 Å². The van der Waals surface area contributed by atoms with Gasteiger partial charge in [0, 0.05) is 0 Å². The molecule has 1 aromatic carbocycles. The number of anilines is 1. The third kappa shape index (κ3) is 1.84. The van der Waals surface area contributed by atoms with Crippen LogP contribution < -0.4 is 5.73 Å². The molecule has 5 nitrogen and oxygen atoms in total. The summed E-state index contributed by atoms with van der Waals surface area (Å²) >= 11 is 1.34. The van der Waals surface area contributed by atoms with Crippen molar-refractivity contribution in [3.63, 3.8) is 0 Å². The van der Waals surface area contributed by atoms with Crippen molar-refractivity contribution >= 4 is 26.7 Å². The van der Waals surface area contributed by atoms with Crippen LogP contribution in [0.5, 0.6) is 0 Å². The Bertz CT molecular complexity index is 561. The lowest BCUT2D eigenvalue weighted by molar-refractivity contribution is 0.0529. The summed E-state index contributed by atoms with van der Waals surface area (Å²) in [6.07, 6.45) is -2.66. The molecule has 0 aliphatic rings. The number of hydrogen-bond donors (Lipinski definition) is 3. The molecular formula is C10H9N3O2S. The van der Waals surface area contributed by atoms with Gasteiger partial charge in [0.15, 0.2) is 11.2 Å². The first-order chi connectivity index (χ1) is 7.61. The summed E-state index contributed by atoms with van der Waals surface area (Å²) in [7, 11) is 0. The number of aliphatic hydroxyl groups excluding tert-OH is 2. The summed E-state index contributed by atoms with van der Waals surface area (Å²) in [5, 5.41) is 27.8. The normalized spacial score (nSPS) is 14.6. The molecule has 0 aliphatic carbocycles. The van der Waals surface area contributed by atoms with Gasteiger partial charge < -0.3 is 15.9 Å². The van der Waals surface area contributed by atoms with Gasteiger partial charge in [0.05, 0.1) is 16.3 Å². The van der Waals surface area contributed by atoms with Crippen molar-refractivity contribution in [1.82, 2.24) is 4.98 Å². The van der Waals surface area contributed by atoms with Crippen LogP contribution in [0.15, 0.2) is 18.2 Å². The van der Waals surface area contributed by atoms with Crippen LogP contribution >= 0.6 is 11.3 Å². The molecular weight excluding hydrogens is 226 g/mol. The second kappa shape index (κ2) is 4.06. The third-order valence-electron chi connectivity index (χ3n) is 2.20. The number of nitrogens with zero attached hydrogens (tertiary/aromatic N) is 2. The van der Waals surface area contributed by atoms with Crippen LogP contribution in [0, 0.1) is 11.3 Å². The molecule has 0 saturated heterocycles. The zero-order chi connectivity index (χ0) is 11.7. The van der Waals surface area contributed by atoms with E-state index in [1.54, 1.807) is 24.3 Å². The molecule has 2 unspecified atom stereocenters. The van der Waals surface area contributed by atoms with Gasteiger partial charge >= 0.3 is 0 Å². The lowest BCUT2D eigenvalue weighted by Crippen LogP contribution is -2.15. The monoisotopic (exact) mass is 235 g/mol. The Morgan fingerprint density at radius 3 is 2.88 bits per heavy atom. The number of aliphatic hydroxyl groups is 2. The number of thiazole rings is 1. The van der Waals surface area contributed by atoms with Crippen molar-refractivity contribution in [3.05, 3.63) is 23.8 Å². The number of nitriles is 1. The minimum absolute atomic E-state index is 0.447. The second-order valence-corrected chi connectivity index (χ2v) is 4.36. The van der Waals surface area contributed by atoms with Crippen LogP contribution in [0.1, 0.15) is 11.7 Å². The van der Waals surface area contributed by atoms with E-state index in [1.165, 1.54) is 11.3 Å². The third-order valence-corrected chi connectivity index (χ3v) is 3.07. The average molecular weight is 235 g/mol. The lowest BCUT2D eigenvalue weighted by atomic mass is 10.1. The number of nitrogens with two attached hydrogens (primary N) is 1. The van der Waals surface area contributed by atoms with Gasteiger partial charge in [-0.25, -0.2) is 4.98 Å². The Kier molecular flexibility index (Phi) is 2.75. The number of nitrogen functional groups attached to an aromatic ring is 1. The molecule has 0 aliphatic heterocycles. The molecule has 4 N–H and O–H groups in total. The number of benzene rings is 1. The molecule has 0 fully saturated rings. The molecule has 0 amide bonds. The maximum absolute atomic E-state index is 9.63. The van der Waals surface area contributed by atoms with Gasteiger partial charge in [-0.1, -0.05) is 17.4 Å². The Hall–Kier alpha value is -1.68. The van der Waals surface area contributed by atoms with Gasteiger partial charge in [-0.3, -0.25) is 0 Å². The molecule has 82 valence electrons. The summed E-state index contributed by atoms with van der Waals surface area (Å²) in [6, 6.07) is 6.60. The fourth-order valence-electron chi connectivity index (χ4n) is 1.40. The maximum atomic E-state index is 9.63. The molecule has 1 aromatic heterocycles. The van der Waals surface area contributed by atoms with Crippen LogP contribution in [-0.4, -0.2) is 21.3 Å². The first kappa shape index (κ1) is 10.8. The Balaban J connectivity index is 2.43. The Morgan fingerprint density at radius 1 is 1.44 bits per heavy atom. The van der Waals surface area contributed by atoms with Crippen LogP contribution in [0.3, 0.4) is 0 Å². The van der Waals surface area contributed by atoms with E-state index in [1.807, 2.05) is 0 Å². The Labute approximate surface area is 95.4 Å². The molecule has 0 bridgehead atoms. The number of rotatable bonds is 2. The molecule has 1 heterocycles. The summed E-state index contributed by atoms with van der Waals surface area (Å²) in [6.45, 7) is 0.